The van der Waals surface area contributed by atoms with E-state index in [-0.39, 0.29) is 33.8 Å². The molecule has 168 valence electrons. The van der Waals surface area contributed by atoms with Crippen LogP contribution >= 0.6 is 23.2 Å². The topological polar surface area (TPSA) is 80.1 Å². The predicted molar refractivity (Wildman–Crippen MR) is 122 cm³/mol. The number of aryl methyl sites for hydroxylation is 1. The maximum atomic E-state index is 13.1. The van der Waals surface area contributed by atoms with E-state index >= 15 is 0 Å². The van der Waals surface area contributed by atoms with Crippen molar-refractivity contribution in [2.45, 2.75) is 11.8 Å². The fourth-order valence-corrected chi connectivity index (χ4v) is 5.70. The first-order valence-corrected chi connectivity index (χ1v) is 12.0. The van der Waals surface area contributed by atoms with E-state index in [4.69, 9.17) is 32.4 Å². The molecule has 0 atom stereocenters. The summed E-state index contributed by atoms with van der Waals surface area (Å²) in [7, 11) is -3.77. The smallest absolute Gasteiger partial charge is 0.379 e. The van der Waals surface area contributed by atoms with Gasteiger partial charge < -0.3 is 14.1 Å². The second kappa shape index (κ2) is 9.15. The van der Waals surface area contributed by atoms with Crippen LogP contribution in [0, 0.1) is 6.92 Å². The van der Waals surface area contributed by atoms with Gasteiger partial charge in [0.2, 0.25) is 15.8 Å². The number of furan rings is 1. The first kappa shape index (κ1) is 22.7. The zero-order chi connectivity index (χ0) is 22.9. The van der Waals surface area contributed by atoms with E-state index < -0.39 is 16.0 Å². The maximum absolute atomic E-state index is 13.1. The monoisotopic (exact) mass is 494 g/mol. The zero-order valence-electron chi connectivity index (χ0n) is 17.1. The van der Waals surface area contributed by atoms with Crippen molar-refractivity contribution in [3.8, 4) is 5.75 Å². The van der Waals surface area contributed by atoms with Crippen molar-refractivity contribution in [2.24, 2.45) is 0 Å². The third-order valence-electron chi connectivity index (χ3n) is 5.23. The summed E-state index contributed by atoms with van der Waals surface area (Å²) >= 11 is 12.1. The van der Waals surface area contributed by atoms with E-state index in [2.05, 4.69) is 4.90 Å². The SMILES string of the molecule is Cc1ccc(OC(=O)c2ccco2)cc1N1CCN(S(=O)(=O)c2cccc(Cl)c2Cl)CC1. The number of ether oxygens (including phenoxy) is 1. The molecule has 0 unspecified atom stereocenters. The number of carbonyl (C=O) groups is 1. The molecule has 0 aliphatic carbocycles. The molecular formula is C22H20Cl2N2O5S. The molecule has 2 aromatic carbocycles. The summed E-state index contributed by atoms with van der Waals surface area (Å²) < 4.78 is 38.0. The van der Waals surface area contributed by atoms with Gasteiger partial charge in [-0.05, 0) is 42.8 Å². The van der Waals surface area contributed by atoms with Crippen molar-refractivity contribution in [1.82, 2.24) is 4.31 Å². The molecule has 1 aliphatic rings. The van der Waals surface area contributed by atoms with Gasteiger partial charge in [-0.25, -0.2) is 13.2 Å². The van der Waals surface area contributed by atoms with E-state index in [1.807, 2.05) is 13.0 Å². The lowest BCUT2D eigenvalue weighted by Crippen LogP contribution is -2.48. The molecule has 1 aliphatic heterocycles. The highest BCUT2D eigenvalue weighted by molar-refractivity contribution is 7.89. The van der Waals surface area contributed by atoms with E-state index in [1.54, 1.807) is 30.3 Å². The van der Waals surface area contributed by atoms with Crippen LogP contribution in [0.3, 0.4) is 0 Å². The molecule has 0 amide bonds. The lowest BCUT2D eigenvalue weighted by molar-refractivity contribution is 0.0701. The van der Waals surface area contributed by atoms with Gasteiger partial charge in [0.05, 0.1) is 16.3 Å². The van der Waals surface area contributed by atoms with Gasteiger partial charge in [0.1, 0.15) is 10.6 Å². The zero-order valence-corrected chi connectivity index (χ0v) is 19.5. The van der Waals surface area contributed by atoms with Crippen molar-refractivity contribution >= 4 is 44.9 Å². The third kappa shape index (κ3) is 4.49. The Morgan fingerprint density at radius 2 is 1.78 bits per heavy atom. The molecule has 1 fully saturated rings. The number of piperazine rings is 1. The molecule has 7 nitrogen and oxygen atoms in total. The summed E-state index contributed by atoms with van der Waals surface area (Å²) in [5, 5.41) is 0.224. The van der Waals surface area contributed by atoms with E-state index in [1.165, 1.54) is 22.7 Å². The standard InChI is InChI=1S/C22H20Cl2N2O5S/c1-15-7-8-16(31-22(27)19-5-3-13-30-19)14-18(15)25-9-11-26(12-10-25)32(28,29)20-6-2-4-17(23)21(20)24/h2-8,13-14H,9-12H2,1H3. The number of halogens is 2. The molecule has 4 rings (SSSR count). The minimum atomic E-state index is -3.77. The number of hydrogen-bond acceptors (Lipinski definition) is 6. The normalized spacial score (nSPS) is 15.0. The highest BCUT2D eigenvalue weighted by Gasteiger charge is 2.31. The molecule has 1 aromatic heterocycles. The first-order valence-electron chi connectivity index (χ1n) is 9.83. The molecule has 10 heteroatoms. The fraction of sp³-hybridized carbons (Fsp3) is 0.227. The Bertz CT molecular complexity index is 1240. The van der Waals surface area contributed by atoms with Crippen LogP contribution in [0.25, 0.3) is 0 Å². The number of esters is 1. The highest BCUT2D eigenvalue weighted by Crippen LogP contribution is 2.32. The van der Waals surface area contributed by atoms with Crippen LogP contribution in [-0.2, 0) is 10.0 Å². The third-order valence-corrected chi connectivity index (χ3v) is 8.10. The summed E-state index contributed by atoms with van der Waals surface area (Å²) in [4.78, 5) is 14.2. The molecule has 0 radical (unpaired) electrons. The van der Waals surface area contributed by atoms with Crippen molar-refractivity contribution in [3.63, 3.8) is 0 Å². The molecule has 2 heterocycles. The van der Waals surface area contributed by atoms with Crippen molar-refractivity contribution in [2.75, 3.05) is 31.1 Å². The van der Waals surface area contributed by atoms with Crippen LogP contribution in [-0.4, -0.2) is 44.9 Å². The van der Waals surface area contributed by atoms with Crippen LogP contribution in [0.2, 0.25) is 10.0 Å². The van der Waals surface area contributed by atoms with Gasteiger partial charge >= 0.3 is 5.97 Å². The number of sulfonamides is 1. The average Bonchev–Trinajstić information content (AvgIpc) is 3.32. The molecule has 0 saturated carbocycles. The van der Waals surface area contributed by atoms with E-state index in [9.17, 15) is 13.2 Å². The van der Waals surface area contributed by atoms with Crippen LogP contribution in [0.5, 0.6) is 5.75 Å². The Balaban J connectivity index is 1.48. The lowest BCUT2D eigenvalue weighted by atomic mass is 10.1. The Morgan fingerprint density at radius 1 is 1.03 bits per heavy atom. The van der Waals surface area contributed by atoms with Gasteiger partial charge in [0, 0.05) is 37.9 Å². The molecule has 0 bridgehead atoms. The Morgan fingerprint density at radius 3 is 2.47 bits per heavy atom. The largest absolute Gasteiger partial charge is 0.457 e. The average molecular weight is 495 g/mol. The Kier molecular flexibility index (Phi) is 6.48. The second-order valence-corrected chi connectivity index (χ2v) is 9.95. The van der Waals surface area contributed by atoms with E-state index in [0.717, 1.165) is 11.3 Å². The van der Waals surface area contributed by atoms with Crippen LogP contribution in [0.1, 0.15) is 16.1 Å². The number of nitrogens with zero attached hydrogens (tertiary/aromatic N) is 2. The van der Waals surface area contributed by atoms with Gasteiger partial charge in [-0.2, -0.15) is 4.31 Å². The summed E-state index contributed by atoms with van der Waals surface area (Å²) in [5.41, 5.74) is 1.85. The first-order chi connectivity index (χ1) is 15.3. The minimum Gasteiger partial charge on any atom is -0.457 e. The molecule has 0 spiro atoms. The number of anilines is 1. The Hall–Kier alpha value is -2.52. The van der Waals surface area contributed by atoms with Gasteiger partial charge in [-0.1, -0.05) is 35.3 Å². The van der Waals surface area contributed by atoms with Gasteiger partial charge in [0.15, 0.2) is 0 Å². The van der Waals surface area contributed by atoms with Crippen LogP contribution in [0.15, 0.2) is 64.1 Å². The Labute approximate surface area is 196 Å². The summed E-state index contributed by atoms with van der Waals surface area (Å²) in [6.45, 7) is 3.44. The quantitative estimate of drug-likeness (QED) is 0.380. The number of carbonyl (C=O) groups excluding carboxylic acids is 1. The van der Waals surface area contributed by atoms with Crippen LogP contribution < -0.4 is 9.64 Å². The predicted octanol–water partition coefficient (Wildman–Crippen LogP) is 4.62. The molecule has 3 aromatic rings. The lowest BCUT2D eigenvalue weighted by Gasteiger charge is -2.36. The minimum absolute atomic E-state index is 0.00290. The fourth-order valence-electron chi connectivity index (χ4n) is 3.54. The molecule has 1 saturated heterocycles. The summed E-state index contributed by atoms with van der Waals surface area (Å²) in [6.07, 6.45) is 1.40. The summed E-state index contributed by atoms with van der Waals surface area (Å²) in [6, 6.07) is 13.1. The van der Waals surface area contributed by atoms with Gasteiger partial charge in [-0.15, -0.1) is 0 Å². The van der Waals surface area contributed by atoms with Crippen molar-refractivity contribution < 1.29 is 22.4 Å². The van der Waals surface area contributed by atoms with Crippen molar-refractivity contribution in [3.05, 3.63) is 76.2 Å². The van der Waals surface area contributed by atoms with Gasteiger partial charge in [-0.3, -0.25) is 0 Å². The number of rotatable bonds is 5. The molecule has 0 N–H and O–H groups in total. The van der Waals surface area contributed by atoms with Crippen LogP contribution in [0.4, 0.5) is 5.69 Å². The molecular weight excluding hydrogens is 475 g/mol. The second-order valence-electron chi connectivity index (χ2n) is 7.26. The van der Waals surface area contributed by atoms with E-state index in [0.29, 0.717) is 18.8 Å². The number of benzene rings is 2. The number of hydrogen-bond donors (Lipinski definition) is 0. The molecule has 32 heavy (non-hydrogen) atoms. The van der Waals surface area contributed by atoms with Crippen molar-refractivity contribution in [1.29, 1.82) is 0 Å². The maximum Gasteiger partial charge on any atom is 0.379 e. The summed E-state index contributed by atoms with van der Waals surface area (Å²) in [5.74, 6) is -0.0856. The highest BCUT2D eigenvalue weighted by atomic mass is 35.5. The van der Waals surface area contributed by atoms with Gasteiger partial charge in [0.25, 0.3) is 0 Å².